The number of esters is 1. The van der Waals surface area contributed by atoms with Crippen molar-refractivity contribution in [2.45, 2.75) is 10.9 Å². The summed E-state index contributed by atoms with van der Waals surface area (Å²) in [5.41, 5.74) is 0.436. The highest BCUT2D eigenvalue weighted by Gasteiger charge is 2.35. The molecule has 146 valence electrons. The zero-order valence-electron chi connectivity index (χ0n) is 14.5. The van der Waals surface area contributed by atoms with Crippen LogP contribution in [-0.2, 0) is 14.8 Å². The summed E-state index contributed by atoms with van der Waals surface area (Å²) >= 11 is 0. The fraction of sp³-hybridized carbons (Fsp3) is 0.294. The normalized spacial score (nSPS) is 17.8. The van der Waals surface area contributed by atoms with Crippen molar-refractivity contribution in [3.63, 3.8) is 0 Å². The summed E-state index contributed by atoms with van der Waals surface area (Å²) in [6.07, 6.45) is 3.22. The number of pyridine rings is 1. The zero-order chi connectivity index (χ0) is 18.7. The lowest BCUT2D eigenvalue weighted by atomic mass is 10.1. The molecule has 0 amide bonds. The van der Waals surface area contributed by atoms with Crippen LogP contribution in [0.1, 0.15) is 22.0 Å². The maximum atomic E-state index is 14.2. The van der Waals surface area contributed by atoms with Gasteiger partial charge in [-0.05, 0) is 29.8 Å². The maximum absolute atomic E-state index is 14.2. The van der Waals surface area contributed by atoms with E-state index in [0.29, 0.717) is 13.1 Å². The summed E-state index contributed by atoms with van der Waals surface area (Å²) < 4.78 is 46.1. The Bertz CT molecular complexity index is 912. The van der Waals surface area contributed by atoms with E-state index in [2.05, 4.69) is 15.0 Å². The molecule has 0 spiro atoms. The topological polar surface area (TPSA) is 88.6 Å². The van der Waals surface area contributed by atoms with Gasteiger partial charge in [0.1, 0.15) is 5.82 Å². The van der Waals surface area contributed by atoms with Gasteiger partial charge in [-0.25, -0.2) is 17.6 Å². The first-order chi connectivity index (χ1) is 12.4. The van der Waals surface area contributed by atoms with E-state index in [-0.39, 0.29) is 29.4 Å². The summed E-state index contributed by atoms with van der Waals surface area (Å²) in [6.45, 7) is 1.15. The smallest absolute Gasteiger partial charge is 0.340 e. The number of benzene rings is 1. The number of halogens is 2. The van der Waals surface area contributed by atoms with Gasteiger partial charge in [-0.3, -0.25) is 4.98 Å². The molecule has 1 unspecified atom stereocenters. The number of nitrogens with one attached hydrogen (secondary N) is 1. The molecule has 2 heterocycles. The molecule has 0 radical (unpaired) electrons. The minimum atomic E-state index is -3.96. The molecule has 0 aliphatic carbocycles. The summed E-state index contributed by atoms with van der Waals surface area (Å²) in [5.74, 6) is -1.80. The van der Waals surface area contributed by atoms with Crippen LogP contribution in [0.15, 0.2) is 47.6 Å². The molecule has 1 atom stereocenters. The average Bonchev–Trinajstić information content (AvgIpc) is 2.68. The molecule has 7 nitrogen and oxygen atoms in total. The highest BCUT2D eigenvalue weighted by atomic mass is 35.5. The van der Waals surface area contributed by atoms with E-state index in [0.717, 1.165) is 24.8 Å². The van der Waals surface area contributed by atoms with Crippen molar-refractivity contribution in [1.29, 1.82) is 0 Å². The average molecular weight is 416 g/mol. The van der Waals surface area contributed by atoms with Gasteiger partial charge in [0.25, 0.3) is 0 Å². The molecule has 1 saturated heterocycles. The number of sulfonamides is 1. The Morgan fingerprint density at radius 3 is 2.78 bits per heavy atom. The Morgan fingerprint density at radius 2 is 2.15 bits per heavy atom. The molecular weight excluding hydrogens is 397 g/mol. The third-order valence-corrected chi connectivity index (χ3v) is 6.12. The van der Waals surface area contributed by atoms with Crippen LogP contribution in [0, 0.1) is 5.82 Å². The lowest BCUT2D eigenvalue weighted by molar-refractivity contribution is 0.0595. The van der Waals surface area contributed by atoms with Crippen molar-refractivity contribution in [3.8, 4) is 0 Å². The number of rotatable bonds is 4. The molecule has 1 aromatic heterocycles. The molecule has 0 bridgehead atoms. The van der Waals surface area contributed by atoms with Crippen LogP contribution in [-0.4, -0.2) is 50.4 Å². The van der Waals surface area contributed by atoms with Gasteiger partial charge in [0.2, 0.25) is 10.0 Å². The van der Waals surface area contributed by atoms with Crippen molar-refractivity contribution in [1.82, 2.24) is 14.6 Å². The van der Waals surface area contributed by atoms with Crippen molar-refractivity contribution in [3.05, 3.63) is 59.7 Å². The van der Waals surface area contributed by atoms with Gasteiger partial charge in [-0.1, -0.05) is 6.07 Å². The predicted octanol–water partition coefficient (Wildman–Crippen LogP) is 1.76. The summed E-state index contributed by atoms with van der Waals surface area (Å²) in [6, 6.07) is 6.27. The number of carbonyl (C=O) groups is 1. The predicted molar refractivity (Wildman–Crippen MR) is 98.7 cm³/mol. The van der Waals surface area contributed by atoms with Crippen LogP contribution in [0.5, 0.6) is 0 Å². The first kappa shape index (κ1) is 21.2. The minimum absolute atomic E-state index is 0. The lowest BCUT2D eigenvalue weighted by Crippen LogP contribution is -2.48. The largest absolute Gasteiger partial charge is 0.465 e. The van der Waals surface area contributed by atoms with Crippen molar-refractivity contribution < 1.29 is 22.3 Å². The Labute approximate surface area is 163 Å². The standard InChI is InChI=1S/C17H18FN3O4S.ClH/c1-25-17(22)14-5-4-13(9-15(14)18)26(23,24)21-8-7-20-11-16(21)12-3-2-6-19-10-12;/h2-6,9-10,16,20H,7-8,11H2,1H3;1H. The number of hydrogen-bond acceptors (Lipinski definition) is 6. The van der Waals surface area contributed by atoms with Crippen LogP contribution in [0.25, 0.3) is 0 Å². The second-order valence-corrected chi connectivity index (χ2v) is 7.65. The third kappa shape index (κ3) is 4.27. The van der Waals surface area contributed by atoms with Crippen molar-refractivity contribution in [2.75, 3.05) is 26.7 Å². The summed E-state index contributed by atoms with van der Waals surface area (Å²) in [7, 11) is -2.83. The van der Waals surface area contributed by atoms with Gasteiger partial charge in [0, 0.05) is 32.0 Å². The molecule has 1 fully saturated rings. The van der Waals surface area contributed by atoms with E-state index in [1.807, 2.05) is 0 Å². The first-order valence-electron chi connectivity index (χ1n) is 7.95. The maximum Gasteiger partial charge on any atom is 0.340 e. The summed E-state index contributed by atoms with van der Waals surface area (Å²) in [4.78, 5) is 15.3. The van der Waals surface area contributed by atoms with Gasteiger partial charge in [-0.2, -0.15) is 4.31 Å². The second kappa shape index (κ2) is 8.75. The van der Waals surface area contributed by atoms with E-state index in [1.54, 1.807) is 24.5 Å². The molecule has 10 heteroatoms. The number of aromatic nitrogens is 1. The Hall–Kier alpha value is -2.07. The van der Waals surface area contributed by atoms with E-state index in [1.165, 1.54) is 10.4 Å². The quantitative estimate of drug-likeness (QED) is 0.765. The molecule has 1 aromatic carbocycles. The highest BCUT2D eigenvalue weighted by Crippen LogP contribution is 2.29. The second-order valence-electron chi connectivity index (χ2n) is 5.76. The van der Waals surface area contributed by atoms with Gasteiger partial charge >= 0.3 is 5.97 Å². The van der Waals surface area contributed by atoms with Crippen LogP contribution < -0.4 is 5.32 Å². The molecule has 3 rings (SSSR count). The first-order valence-corrected chi connectivity index (χ1v) is 9.39. The minimum Gasteiger partial charge on any atom is -0.465 e. The van der Waals surface area contributed by atoms with E-state index < -0.39 is 27.9 Å². The Morgan fingerprint density at radius 1 is 1.37 bits per heavy atom. The van der Waals surface area contributed by atoms with Gasteiger partial charge in [-0.15, -0.1) is 12.4 Å². The number of piperazine rings is 1. The molecule has 1 aliphatic rings. The van der Waals surface area contributed by atoms with Gasteiger partial charge < -0.3 is 10.1 Å². The lowest BCUT2D eigenvalue weighted by Gasteiger charge is -2.35. The number of hydrogen-bond donors (Lipinski definition) is 1. The van der Waals surface area contributed by atoms with Crippen LogP contribution in [0.4, 0.5) is 4.39 Å². The third-order valence-electron chi connectivity index (χ3n) is 4.22. The van der Waals surface area contributed by atoms with Crippen LogP contribution >= 0.6 is 12.4 Å². The Balaban J connectivity index is 0.00000261. The molecule has 27 heavy (non-hydrogen) atoms. The molecule has 0 saturated carbocycles. The molecule has 1 aliphatic heterocycles. The fourth-order valence-corrected chi connectivity index (χ4v) is 4.52. The number of ether oxygens (including phenoxy) is 1. The van der Waals surface area contributed by atoms with E-state index in [9.17, 15) is 17.6 Å². The van der Waals surface area contributed by atoms with Gasteiger partial charge in [0.05, 0.1) is 23.6 Å². The number of nitrogens with zero attached hydrogens (tertiary/aromatic N) is 2. The molecule has 2 aromatic rings. The Kier molecular flexibility index (Phi) is 6.88. The van der Waals surface area contributed by atoms with Crippen LogP contribution in [0.3, 0.4) is 0 Å². The van der Waals surface area contributed by atoms with Crippen LogP contribution in [0.2, 0.25) is 0 Å². The van der Waals surface area contributed by atoms with Crippen molar-refractivity contribution >= 4 is 28.4 Å². The zero-order valence-corrected chi connectivity index (χ0v) is 16.1. The summed E-state index contributed by atoms with van der Waals surface area (Å²) in [5, 5.41) is 3.16. The fourth-order valence-electron chi connectivity index (χ4n) is 2.90. The van der Waals surface area contributed by atoms with Gasteiger partial charge in [0.15, 0.2) is 0 Å². The van der Waals surface area contributed by atoms with E-state index >= 15 is 0 Å². The molecular formula is C17H19ClFN3O4S. The van der Waals surface area contributed by atoms with E-state index in [4.69, 9.17) is 0 Å². The van der Waals surface area contributed by atoms with Crippen molar-refractivity contribution in [2.24, 2.45) is 0 Å². The number of carbonyl (C=O) groups excluding carboxylic acids is 1. The highest BCUT2D eigenvalue weighted by molar-refractivity contribution is 7.89. The SMILES string of the molecule is COC(=O)c1ccc(S(=O)(=O)N2CCNCC2c2cccnc2)cc1F.Cl. The number of methoxy groups -OCH3 is 1. The molecule has 1 N–H and O–H groups in total. The monoisotopic (exact) mass is 415 g/mol.